The van der Waals surface area contributed by atoms with Crippen LogP contribution in [0.15, 0.2) is 58.5 Å². The van der Waals surface area contributed by atoms with Crippen molar-refractivity contribution in [2.75, 3.05) is 0 Å². The minimum atomic E-state index is -0.380. The molecule has 0 spiro atoms. The van der Waals surface area contributed by atoms with Crippen molar-refractivity contribution in [2.24, 2.45) is 0 Å². The van der Waals surface area contributed by atoms with Crippen LogP contribution in [0.25, 0.3) is 10.9 Å². The normalized spacial score (nSPS) is 12.5. The smallest absolute Gasteiger partial charge is 0.262 e. The van der Waals surface area contributed by atoms with Gasteiger partial charge in [0.15, 0.2) is 10.9 Å². The molecule has 3 aromatic rings. The van der Waals surface area contributed by atoms with Crippen LogP contribution in [0.1, 0.15) is 37.2 Å². The van der Waals surface area contributed by atoms with Gasteiger partial charge in [-0.25, -0.2) is 4.98 Å². The van der Waals surface area contributed by atoms with E-state index in [0.29, 0.717) is 26.6 Å². The summed E-state index contributed by atoms with van der Waals surface area (Å²) < 4.78 is 1.65. The predicted molar refractivity (Wildman–Crippen MR) is 107 cm³/mol. The second kappa shape index (κ2) is 7.64. The number of hydrogen-bond acceptors (Lipinski definition) is 4. The molecule has 0 fully saturated rings. The summed E-state index contributed by atoms with van der Waals surface area (Å²) in [6.07, 6.45) is 0. The van der Waals surface area contributed by atoms with E-state index < -0.39 is 0 Å². The fourth-order valence-electron chi connectivity index (χ4n) is 2.72. The Morgan fingerprint density at radius 2 is 1.73 bits per heavy atom. The van der Waals surface area contributed by atoms with E-state index in [2.05, 4.69) is 4.98 Å². The van der Waals surface area contributed by atoms with Crippen molar-refractivity contribution in [2.45, 2.75) is 37.2 Å². The maximum absolute atomic E-state index is 12.9. The van der Waals surface area contributed by atoms with Gasteiger partial charge in [-0.05, 0) is 57.2 Å². The Labute approximate surface area is 161 Å². The van der Waals surface area contributed by atoms with Gasteiger partial charge in [0, 0.05) is 16.6 Å². The van der Waals surface area contributed by atoms with Gasteiger partial charge >= 0.3 is 0 Å². The van der Waals surface area contributed by atoms with Gasteiger partial charge in [-0.1, -0.05) is 35.5 Å². The number of rotatable bonds is 5. The summed E-state index contributed by atoms with van der Waals surface area (Å²) in [7, 11) is 0. The standard InChI is InChI=1S/C20H19ClN2O2S/c1-12(2)23-19(25)16-6-4-5-7-17(16)22-20(23)26-13(3)18(24)14-8-10-15(21)11-9-14/h4-13H,1-3H3/t13-/m0/s1. The highest BCUT2D eigenvalue weighted by atomic mass is 35.5. The number of carbonyl (C=O) groups excluding carboxylic acids is 1. The van der Waals surface area contributed by atoms with Crippen LogP contribution in [0, 0.1) is 0 Å². The van der Waals surface area contributed by atoms with Crippen LogP contribution in [0.4, 0.5) is 0 Å². The second-order valence-electron chi connectivity index (χ2n) is 6.31. The minimum absolute atomic E-state index is 0.0237. The monoisotopic (exact) mass is 386 g/mol. The molecule has 0 aliphatic heterocycles. The SMILES string of the molecule is CC(C)n1c(S[C@@H](C)C(=O)c2ccc(Cl)cc2)nc2ccccc2c1=O. The zero-order valence-corrected chi connectivity index (χ0v) is 16.3. The maximum atomic E-state index is 12.9. The Balaban J connectivity index is 1.99. The number of para-hydroxylation sites is 1. The molecule has 26 heavy (non-hydrogen) atoms. The lowest BCUT2D eigenvalue weighted by Crippen LogP contribution is -2.26. The highest BCUT2D eigenvalue weighted by Crippen LogP contribution is 2.27. The van der Waals surface area contributed by atoms with Crippen LogP contribution in [0.3, 0.4) is 0 Å². The molecule has 0 bridgehead atoms. The Kier molecular flexibility index (Phi) is 5.49. The van der Waals surface area contributed by atoms with Crippen molar-refractivity contribution in [1.82, 2.24) is 9.55 Å². The third-order valence-corrected chi connectivity index (χ3v) is 5.39. The molecule has 0 amide bonds. The van der Waals surface area contributed by atoms with Crippen LogP contribution in [0.2, 0.25) is 5.02 Å². The first-order chi connectivity index (χ1) is 12.4. The summed E-state index contributed by atoms with van der Waals surface area (Å²) in [6.45, 7) is 5.70. The molecule has 2 aromatic carbocycles. The van der Waals surface area contributed by atoms with Gasteiger partial charge in [-0.15, -0.1) is 0 Å². The zero-order valence-electron chi connectivity index (χ0n) is 14.8. The van der Waals surface area contributed by atoms with Crippen LogP contribution in [0.5, 0.6) is 0 Å². The molecule has 0 unspecified atom stereocenters. The lowest BCUT2D eigenvalue weighted by molar-refractivity contribution is 0.0994. The lowest BCUT2D eigenvalue weighted by Gasteiger charge is -2.18. The van der Waals surface area contributed by atoms with Crippen molar-refractivity contribution in [3.8, 4) is 0 Å². The van der Waals surface area contributed by atoms with Gasteiger partial charge < -0.3 is 0 Å². The lowest BCUT2D eigenvalue weighted by atomic mass is 10.1. The summed E-state index contributed by atoms with van der Waals surface area (Å²) in [5.74, 6) is -0.0237. The molecular formula is C20H19ClN2O2S. The first kappa shape index (κ1) is 18.7. The van der Waals surface area contributed by atoms with Crippen LogP contribution in [-0.4, -0.2) is 20.6 Å². The van der Waals surface area contributed by atoms with Gasteiger partial charge in [-0.3, -0.25) is 14.2 Å². The number of carbonyl (C=O) groups is 1. The minimum Gasteiger partial charge on any atom is -0.293 e. The molecule has 0 saturated carbocycles. The van der Waals surface area contributed by atoms with E-state index in [-0.39, 0.29) is 22.6 Å². The van der Waals surface area contributed by atoms with Crippen molar-refractivity contribution in [3.05, 3.63) is 69.5 Å². The molecule has 0 aliphatic rings. The van der Waals surface area contributed by atoms with Crippen molar-refractivity contribution in [3.63, 3.8) is 0 Å². The van der Waals surface area contributed by atoms with Gasteiger partial charge in [0.2, 0.25) is 0 Å². The van der Waals surface area contributed by atoms with Gasteiger partial charge in [0.25, 0.3) is 5.56 Å². The number of ketones is 1. The highest BCUT2D eigenvalue weighted by molar-refractivity contribution is 8.00. The topological polar surface area (TPSA) is 52.0 Å². The molecule has 0 aliphatic carbocycles. The molecule has 1 heterocycles. The number of aromatic nitrogens is 2. The number of Topliss-reactive ketones (excluding diaryl/α,β-unsaturated/α-hetero) is 1. The summed E-state index contributed by atoms with van der Waals surface area (Å²) in [4.78, 5) is 30.2. The molecule has 1 atom stereocenters. The predicted octanol–water partition coefficient (Wildman–Crippen LogP) is 4.99. The summed E-state index contributed by atoms with van der Waals surface area (Å²) in [5.41, 5.74) is 1.15. The van der Waals surface area contributed by atoms with E-state index in [0.717, 1.165) is 0 Å². The largest absolute Gasteiger partial charge is 0.293 e. The van der Waals surface area contributed by atoms with Gasteiger partial charge in [-0.2, -0.15) is 0 Å². The zero-order chi connectivity index (χ0) is 18.8. The third-order valence-electron chi connectivity index (χ3n) is 4.07. The van der Waals surface area contributed by atoms with E-state index in [4.69, 9.17) is 11.6 Å². The molecule has 0 saturated heterocycles. The van der Waals surface area contributed by atoms with Gasteiger partial charge in [0.05, 0.1) is 16.2 Å². The number of nitrogens with zero attached hydrogens (tertiary/aromatic N) is 2. The number of thioether (sulfide) groups is 1. The Hall–Kier alpha value is -2.11. The number of benzene rings is 2. The van der Waals surface area contributed by atoms with E-state index in [1.54, 1.807) is 34.9 Å². The number of fused-ring (bicyclic) bond motifs is 1. The number of halogens is 1. The summed E-state index contributed by atoms with van der Waals surface area (Å²) in [5, 5.41) is 1.35. The molecule has 6 heteroatoms. The Morgan fingerprint density at radius 3 is 2.38 bits per heavy atom. The molecular weight excluding hydrogens is 368 g/mol. The summed E-state index contributed by atoms with van der Waals surface area (Å²) >= 11 is 7.19. The van der Waals surface area contributed by atoms with Crippen molar-refractivity contribution >= 4 is 40.0 Å². The molecule has 0 N–H and O–H groups in total. The first-order valence-electron chi connectivity index (χ1n) is 8.36. The summed E-state index contributed by atoms with van der Waals surface area (Å²) in [6, 6.07) is 14.0. The number of hydrogen-bond donors (Lipinski definition) is 0. The maximum Gasteiger partial charge on any atom is 0.262 e. The average Bonchev–Trinajstić information content (AvgIpc) is 2.61. The van der Waals surface area contributed by atoms with E-state index in [1.165, 1.54) is 11.8 Å². The highest BCUT2D eigenvalue weighted by Gasteiger charge is 2.21. The molecule has 134 valence electrons. The fraction of sp³-hybridized carbons (Fsp3) is 0.250. The molecule has 3 rings (SSSR count). The molecule has 0 radical (unpaired) electrons. The van der Waals surface area contributed by atoms with Crippen LogP contribution < -0.4 is 5.56 Å². The van der Waals surface area contributed by atoms with Gasteiger partial charge in [0.1, 0.15) is 0 Å². The fourth-order valence-corrected chi connectivity index (χ4v) is 3.97. The van der Waals surface area contributed by atoms with Crippen LogP contribution in [-0.2, 0) is 0 Å². The van der Waals surface area contributed by atoms with Crippen molar-refractivity contribution in [1.29, 1.82) is 0 Å². The Bertz CT molecular complexity index is 1010. The third kappa shape index (κ3) is 3.69. The van der Waals surface area contributed by atoms with Crippen molar-refractivity contribution < 1.29 is 4.79 Å². The van der Waals surface area contributed by atoms with E-state index in [1.807, 2.05) is 39.0 Å². The average molecular weight is 387 g/mol. The van der Waals surface area contributed by atoms with Crippen LogP contribution >= 0.6 is 23.4 Å². The molecule has 4 nitrogen and oxygen atoms in total. The van der Waals surface area contributed by atoms with E-state index in [9.17, 15) is 9.59 Å². The molecule has 1 aromatic heterocycles. The quantitative estimate of drug-likeness (QED) is 0.352. The first-order valence-corrected chi connectivity index (χ1v) is 9.62. The van der Waals surface area contributed by atoms with E-state index >= 15 is 0 Å². The second-order valence-corrected chi connectivity index (χ2v) is 8.06. The Morgan fingerprint density at radius 1 is 1.08 bits per heavy atom.